The molecule has 2 aliphatic heterocycles. The molecule has 2 fully saturated rings. The smallest absolute Gasteiger partial charge is 0.257 e. The van der Waals surface area contributed by atoms with Crippen LogP contribution in [0.4, 0.5) is 11.4 Å². The molecule has 2 aliphatic rings. The average molecular weight is 465 g/mol. The number of piperazine rings is 1. The van der Waals surface area contributed by atoms with Gasteiger partial charge >= 0.3 is 0 Å². The first-order valence-corrected chi connectivity index (χ1v) is 11.9. The lowest BCUT2D eigenvalue weighted by atomic mass is 10.0. The number of ether oxygens (including phenoxy) is 1. The standard InChI is InChI=1S/C26H29ClN4O2/c1-18-3-6-24(19(2)15-18)29-7-9-30(10-8-29)25-21-16-20(27)4-5-23(21)28-17-22(25)26(32)31-11-13-33-14-12-31/h3-6,15-17H,7-14H2,1-2H3. The Balaban J connectivity index is 1.48. The number of benzene rings is 2. The number of aromatic nitrogens is 1. The molecule has 6 nitrogen and oxygen atoms in total. The Morgan fingerprint density at radius 1 is 0.939 bits per heavy atom. The Bertz CT molecular complexity index is 1180. The molecular weight excluding hydrogens is 436 g/mol. The third-order valence-electron chi connectivity index (χ3n) is 6.62. The number of morpholine rings is 1. The van der Waals surface area contributed by atoms with Crippen molar-refractivity contribution in [1.82, 2.24) is 9.88 Å². The van der Waals surface area contributed by atoms with Crippen LogP contribution in [-0.4, -0.2) is 68.3 Å². The van der Waals surface area contributed by atoms with Crippen molar-refractivity contribution in [1.29, 1.82) is 0 Å². The maximum atomic E-state index is 13.5. The Hall–Kier alpha value is -2.83. The van der Waals surface area contributed by atoms with Gasteiger partial charge in [-0.1, -0.05) is 29.3 Å². The Kier molecular flexibility index (Phi) is 6.13. The van der Waals surface area contributed by atoms with Gasteiger partial charge in [-0.15, -0.1) is 0 Å². The zero-order chi connectivity index (χ0) is 22.9. The maximum Gasteiger partial charge on any atom is 0.257 e. The van der Waals surface area contributed by atoms with E-state index in [-0.39, 0.29) is 5.91 Å². The monoisotopic (exact) mass is 464 g/mol. The van der Waals surface area contributed by atoms with Crippen LogP contribution in [0.25, 0.3) is 10.9 Å². The first-order chi connectivity index (χ1) is 16.0. The van der Waals surface area contributed by atoms with E-state index in [1.807, 2.05) is 23.1 Å². The molecule has 0 aliphatic carbocycles. The van der Waals surface area contributed by atoms with Crippen LogP contribution in [0.1, 0.15) is 21.5 Å². The number of carbonyl (C=O) groups is 1. The molecule has 0 saturated carbocycles. The van der Waals surface area contributed by atoms with E-state index in [2.05, 4.69) is 46.8 Å². The van der Waals surface area contributed by atoms with E-state index < -0.39 is 0 Å². The van der Waals surface area contributed by atoms with Gasteiger partial charge in [0, 0.05) is 61.6 Å². The Labute approximate surface area is 199 Å². The quantitative estimate of drug-likeness (QED) is 0.578. The van der Waals surface area contributed by atoms with Gasteiger partial charge in [0.2, 0.25) is 0 Å². The minimum Gasteiger partial charge on any atom is -0.378 e. The van der Waals surface area contributed by atoms with Crippen molar-refractivity contribution in [2.24, 2.45) is 0 Å². The number of aryl methyl sites for hydroxylation is 2. The largest absolute Gasteiger partial charge is 0.378 e. The van der Waals surface area contributed by atoms with Gasteiger partial charge < -0.3 is 19.4 Å². The average Bonchev–Trinajstić information content (AvgIpc) is 2.83. The minimum absolute atomic E-state index is 0.0134. The van der Waals surface area contributed by atoms with Crippen molar-refractivity contribution in [3.05, 3.63) is 64.3 Å². The predicted molar refractivity (Wildman–Crippen MR) is 134 cm³/mol. The fraction of sp³-hybridized carbons (Fsp3) is 0.385. The SMILES string of the molecule is Cc1ccc(N2CCN(c3c(C(=O)N4CCOCC4)cnc4ccc(Cl)cc34)CC2)c(C)c1. The third-order valence-corrected chi connectivity index (χ3v) is 6.85. The summed E-state index contributed by atoms with van der Waals surface area (Å²) in [5, 5.41) is 1.58. The molecule has 0 spiro atoms. The molecule has 172 valence electrons. The molecule has 7 heteroatoms. The highest BCUT2D eigenvalue weighted by Gasteiger charge is 2.28. The topological polar surface area (TPSA) is 48.9 Å². The fourth-order valence-corrected chi connectivity index (χ4v) is 5.09. The number of carbonyl (C=O) groups excluding carboxylic acids is 1. The molecule has 3 aromatic rings. The minimum atomic E-state index is 0.0134. The van der Waals surface area contributed by atoms with Crippen LogP contribution in [0.2, 0.25) is 5.02 Å². The van der Waals surface area contributed by atoms with Gasteiger partial charge in [-0.2, -0.15) is 0 Å². The molecule has 0 N–H and O–H groups in total. The van der Waals surface area contributed by atoms with Crippen molar-refractivity contribution in [3.63, 3.8) is 0 Å². The number of anilines is 2. The number of rotatable bonds is 3. The maximum absolute atomic E-state index is 13.5. The molecule has 2 saturated heterocycles. The lowest BCUT2D eigenvalue weighted by molar-refractivity contribution is 0.0303. The van der Waals surface area contributed by atoms with Crippen LogP contribution in [0.15, 0.2) is 42.6 Å². The van der Waals surface area contributed by atoms with Gasteiger partial charge in [0.05, 0.1) is 30.0 Å². The molecule has 3 heterocycles. The van der Waals surface area contributed by atoms with Gasteiger partial charge in [0.1, 0.15) is 0 Å². The number of fused-ring (bicyclic) bond motifs is 1. The highest BCUT2D eigenvalue weighted by atomic mass is 35.5. The fourth-order valence-electron chi connectivity index (χ4n) is 4.92. The van der Waals surface area contributed by atoms with E-state index in [1.54, 1.807) is 6.20 Å². The zero-order valence-corrected chi connectivity index (χ0v) is 19.9. The molecule has 5 rings (SSSR count). The van der Waals surface area contributed by atoms with Crippen LogP contribution in [0.5, 0.6) is 0 Å². The van der Waals surface area contributed by atoms with Crippen molar-refractivity contribution >= 4 is 39.8 Å². The van der Waals surface area contributed by atoms with Crippen LogP contribution in [-0.2, 0) is 4.74 Å². The summed E-state index contributed by atoms with van der Waals surface area (Å²) in [6.45, 7) is 10.1. The summed E-state index contributed by atoms with van der Waals surface area (Å²) in [7, 11) is 0. The van der Waals surface area contributed by atoms with Crippen molar-refractivity contribution in [2.75, 3.05) is 62.3 Å². The van der Waals surface area contributed by atoms with Gasteiger partial charge in [-0.25, -0.2) is 0 Å². The number of halogens is 1. The predicted octanol–water partition coefficient (Wildman–Crippen LogP) is 4.30. The summed E-state index contributed by atoms with van der Waals surface area (Å²) in [6, 6.07) is 12.3. The van der Waals surface area contributed by atoms with Crippen LogP contribution in [0.3, 0.4) is 0 Å². The molecule has 1 amide bonds. The van der Waals surface area contributed by atoms with E-state index in [4.69, 9.17) is 16.3 Å². The summed E-state index contributed by atoms with van der Waals surface area (Å²) < 4.78 is 5.45. The third kappa shape index (κ3) is 4.37. The molecule has 33 heavy (non-hydrogen) atoms. The second kappa shape index (κ2) is 9.20. The number of nitrogens with zero attached hydrogens (tertiary/aromatic N) is 4. The molecule has 1 aromatic heterocycles. The Morgan fingerprint density at radius 3 is 2.39 bits per heavy atom. The first-order valence-electron chi connectivity index (χ1n) is 11.5. The number of pyridine rings is 1. The van der Waals surface area contributed by atoms with Gasteiger partial charge in [0.25, 0.3) is 5.91 Å². The zero-order valence-electron chi connectivity index (χ0n) is 19.2. The summed E-state index contributed by atoms with van der Waals surface area (Å²) in [4.78, 5) is 24.7. The van der Waals surface area contributed by atoms with Crippen molar-refractivity contribution in [2.45, 2.75) is 13.8 Å². The summed E-state index contributed by atoms with van der Waals surface area (Å²) >= 11 is 6.38. The Morgan fingerprint density at radius 2 is 1.67 bits per heavy atom. The van der Waals surface area contributed by atoms with E-state index in [9.17, 15) is 4.79 Å². The first kappa shape index (κ1) is 22.0. The second-order valence-corrected chi connectivity index (χ2v) is 9.29. The molecule has 0 radical (unpaired) electrons. The lowest BCUT2D eigenvalue weighted by Crippen LogP contribution is -2.48. The van der Waals surface area contributed by atoms with Crippen LogP contribution < -0.4 is 9.80 Å². The van der Waals surface area contributed by atoms with E-state index in [0.29, 0.717) is 36.9 Å². The number of hydrogen-bond donors (Lipinski definition) is 0. The van der Waals surface area contributed by atoms with Crippen molar-refractivity contribution < 1.29 is 9.53 Å². The van der Waals surface area contributed by atoms with E-state index in [1.165, 1.54) is 16.8 Å². The summed E-state index contributed by atoms with van der Waals surface area (Å²) in [5.74, 6) is 0.0134. The van der Waals surface area contributed by atoms with E-state index in [0.717, 1.165) is 42.8 Å². The highest BCUT2D eigenvalue weighted by Crippen LogP contribution is 2.34. The molecular formula is C26H29ClN4O2. The molecule has 0 bridgehead atoms. The second-order valence-electron chi connectivity index (χ2n) is 8.85. The number of hydrogen-bond acceptors (Lipinski definition) is 5. The van der Waals surface area contributed by atoms with E-state index >= 15 is 0 Å². The van der Waals surface area contributed by atoms with Crippen LogP contribution >= 0.6 is 11.6 Å². The highest BCUT2D eigenvalue weighted by molar-refractivity contribution is 6.31. The lowest BCUT2D eigenvalue weighted by Gasteiger charge is -2.39. The summed E-state index contributed by atoms with van der Waals surface area (Å²) in [5.41, 5.74) is 6.30. The van der Waals surface area contributed by atoms with Gasteiger partial charge in [-0.05, 0) is 43.7 Å². The molecule has 2 aromatic carbocycles. The molecule has 0 unspecified atom stereocenters. The number of amides is 1. The summed E-state index contributed by atoms with van der Waals surface area (Å²) in [6.07, 6.45) is 1.74. The molecule has 0 atom stereocenters. The van der Waals surface area contributed by atoms with Gasteiger partial charge in [0.15, 0.2) is 0 Å². The van der Waals surface area contributed by atoms with Crippen molar-refractivity contribution in [3.8, 4) is 0 Å². The normalized spacial score (nSPS) is 17.0. The van der Waals surface area contributed by atoms with Gasteiger partial charge in [-0.3, -0.25) is 9.78 Å². The van der Waals surface area contributed by atoms with Crippen LogP contribution in [0, 0.1) is 13.8 Å².